The Bertz CT molecular complexity index is 350. The summed E-state index contributed by atoms with van der Waals surface area (Å²) in [6.45, 7) is 8.10. The van der Waals surface area contributed by atoms with Crippen LogP contribution in [0.1, 0.15) is 13.8 Å². The summed E-state index contributed by atoms with van der Waals surface area (Å²) in [5.41, 5.74) is 12.5. The second-order valence-electron chi connectivity index (χ2n) is 3.25. The molecule has 1 atom stereocenters. The van der Waals surface area contributed by atoms with E-state index in [9.17, 15) is 0 Å². The first-order chi connectivity index (χ1) is 7.00. The van der Waals surface area contributed by atoms with Crippen molar-refractivity contribution in [3.05, 3.63) is 35.0 Å². The Morgan fingerprint density at radius 3 is 2.73 bits per heavy atom. The summed E-state index contributed by atoms with van der Waals surface area (Å²) in [4.78, 5) is 4.92. The van der Waals surface area contributed by atoms with Crippen LogP contribution in [0.15, 0.2) is 40.0 Å². The van der Waals surface area contributed by atoms with E-state index in [-0.39, 0.29) is 5.96 Å². The van der Waals surface area contributed by atoms with E-state index in [0.717, 1.165) is 16.2 Å². The van der Waals surface area contributed by atoms with Gasteiger partial charge in [-0.2, -0.15) is 0 Å². The topological polar surface area (TPSA) is 76.4 Å². The molecule has 1 unspecified atom stereocenters. The number of hydrogen-bond acceptors (Lipinski definition) is 3. The first kappa shape index (κ1) is 11.7. The summed E-state index contributed by atoms with van der Waals surface area (Å²) < 4.78 is 0. The molecule has 82 valence electrons. The Labute approximate surface area is 94.2 Å². The Morgan fingerprint density at radius 1 is 1.60 bits per heavy atom. The standard InChI is InChI=1S/C10H16N4S/c1-6(4-5-13-10(11)12)9-7(2)14-8(3)15-9/h4-5,8,14H,1H2,2-3H3,(H4,11,12,13)/b5-4-. The highest BCUT2D eigenvalue weighted by Crippen LogP contribution is 2.34. The fourth-order valence-corrected chi connectivity index (χ4v) is 2.31. The van der Waals surface area contributed by atoms with Gasteiger partial charge in [-0.25, -0.2) is 4.99 Å². The van der Waals surface area contributed by atoms with Gasteiger partial charge in [0.05, 0.1) is 5.37 Å². The van der Waals surface area contributed by atoms with E-state index < -0.39 is 0 Å². The Hall–Kier alpha value is -1.36. The second-order valence-corrected chi connectivity index (χ2v) is 4.60. The van der Waals surface area contributed by atoms with E-state index in [1.165, 1.54) is 0 Å². The number of nitrogens with one attached hydrogen (secondary N) is 1. The fourth-order valence-electron chi connectivity index (χ4n) is 1.27. The lowest BCUT2D eigenvalue weighted by molar-refractivity contribution is 0.820. The van der Waals surface area contributed by atoms with Crippen molar-refractivity contribution >= 4 is 17.7 Å². The average molecular weight is 224 g/mol. The first-order valence-electron chi connectivity index (χ1n) is 4.59. The predicted molar refractivity (Wildman–Crippen MR) is 67.0 cm³/mol. The van der Waals surface area contributed by atoms with Gasteiger partial charge >= 0.3 is 0 Å². The van der Waals surface area contributed by atoms with E-state index in [0.29, 0.717) is 5.37 Å². The summed E-state index contributed by atoms with van der Waals surface area (Å²) in [7, 11) is 0. The van der Waals surface area contributed by atoms with Gasteiger partial charge in [0.2, 0.25) is 0 Å². The molecular weight excluding hydrogens is 208 g/mol. The van der Waals surface area contributed by atoms with Crippen LogP contribution in [-0.2, 0) is 0 Å². The van der Waals surface area contributed by atoms with Crippen molar-refractivity contribution in [2.45, 2.75) is 19.2 Å². The maximum absolute atomic E-state index is 5.20. The number of allylic oxidation sites excluding steroid dienone is 3. The van der Waals surface area contributed by atoms with Crippen LogP contribution in [0.25, 0.3) is 0 Å². The van der Waals surface area contributed by atoms with Crippen molar-refractivity contribution in [1.29, 1.82) is 0 Å². The molecule has 0 aromatic heterocycles. The van der Waals surface area contributed by atoms with Gasteiger partial charge in [-0.1, -0.05) is 18.3 Å². The average Bonchev–Trinajstić information content (AvgIpc) is 2.44. The lowest BCUT2D eigenvalue weighted by Gasteiger charge is -2.01. The molecule has 1 aliphatic rings. The van der Waals surface area contributed by atoms with Crippen LogP contribution in [0.2, 0.25) is 0 Å². The molecule has 1 heterocycles. The molecule has 0 saturated heterocycles. The number of thioether (sulfide) groups is 1. The Balaban J connectivity index is 2.66. The van der Waals surface area contributed by atoms with Crippen molar-refractivity contribution in [1.82, 2.24) is 5.32 Å². The number of aliphatic imine (C=N–C) groups is 1. The molecule has 1 rings (SSSR count). The Kier molecular flexibility index (Phi) is 3.85. The number of hydrogen-bond donors (Lipinski definition) is 3. The second kappa shape index (κ2) is 4.93. The highest BCUT2D eigenvalue weighted by atomic mass is 32.2. The van der Waals surface area contributed by atoms with Gasteiger partial charge in [-0.3, -0.25) is 0 Å². The molecule has 0 bridgehead atoms. The molecule has 15 heavy (non-hydrogen) atoms. The zero-order valence-electron chi connectivity index (χ0n) is 8.95. The van der Waals surface area contributed by atoms with Gasteiger partial charge in [-0.15, -0.1) is 0 Å². The summed E-state index contributed by atoms with van der Waals surface area (Å²) in [6.07, 6.45) is 3.35. The monoisotopic (exact) mass is 224 g/mol. The maximum atomic E-state index is 5.20. The smallest absolute Gasteiger partial charge is 0.190 e. The van der Waals surface area contributed by atoms with Gasteiger partial charge in [-0.05, 0) is 25.5 Å². The minimum atomic E-state index is 0.0512. The van der Waals surface area contributed by atoms with E-state index in [2.05, 4.69) is 23.8 Å². The third-order valence-corrected chi connectivity index (χ3v) is 3.12. The third-order valence-electron chi connectivity index (χ3n) is 1.85. The number of rotatable bonds is 3. The molecule has 0 amide bonds. The van der Waals surface area contributed by atoms with Crippen molar-refractivity contribution < 1.29 is 0 Å². The van der Waals surface area contributed by atoms with Crippen molar-refractivity contribution in [2.75, 3.05) is 0 Å². The lowest BCUT2D eigenvalue weighted by atomic mass is 10.2. The Morgan fingerprint density at radius 2 is 2.27 bits per heavy atom. The van der Waals surface area contributed by atoms with Crippen LogP contribution in [0.3, 0.4) is 0 Å². The summed E-state index contributed by atoms with van der Waals surface area (Å²) >= 11 is 1.75. The maximum Gasteiger partial charge on any atom is 0.190 e. The van der Waals surface area contributed by atoms with E-state index in [4.69, 9.17) is 11.5 Å². The normalized spacial score (nSPS) is 20.5. The zero-order chi connectivity index (χ0) is 11.4. The fraction of sp³-hybridized carbons (Fsp3) is 0.300. The van der Waals surface area contributed by atoms with Crippen molar-refractivity contribution in [2.24, 2.45) is 16.5 Å². The van der Waals surface area contributed by atoms with Crippen LogP contribution in [0.5, 0.6) is 0 Å². The number of nitrogens with zero attached hydrogens (tertiary/aromatic N) is 1. The molecule has 0 spiro atoms. The third kappa shape index (κ3) is 3.36. The largest absolute Gasteiger partial charge is 0.376 e. The molecular formula is C10H16N4S. The number of nitrogens with two attached hydrogens (primary N) is 2. The first-order valence-corrected chi connectivity index (χ1v) is 5.47. The highest BCUT2D eigenvalue weighted by Gasteiger charge is 2.18. The summed E-state index contributed by atoms with van der Waals surface area (Å²) in [6, 6.07) is 0. The predicted octanol–water partition coefficient (Wildman–Crippen LogP) is 1.24. The van der Waals surface area contributed by atoms with E-state index in [1.54, 1.807) is 24.0 Å². The van der Waals surface area contributed by atoms with E-state index in [1.807, 2.05) is 6.92 Å². The molecule has 5 N–H and O–H groups in total. The van der Waals surface area contributed by atoms with Gasteiger partial charge in [0.15, 0.2) is 5.96 Å². The lowest BCUT2D eigenvalue weighted by Crippen LogP contribution is -2.21. The molecule has 4 nitrogen and oxygen atoms in total. The van der Waals surface area contributed by atoms with Gasteiger partial charge in [0, 0.05) is 16.8 Å². The van der Waals surface area contributed by atoms with Crippen LogP contribution < -0.4 is 16.8 Å². The number of guanidine groups is 1. The minimum Gasteiger partial charge on any atom is -0.376 e. The minimum absolute atomic E-state index is 0.0512. The molecule has 0 radical (unpaired) electrons. The highest BCUT2D eigenvalue weighted by molar-refractivity contribution is 8.04. The van der Waals surface area contributed by atoms with Crippen LogP contribution in [-0.4, -0.2) is 11.3 Å². The quantitative estimate of drug-likeness (QED) is 0.383. The van der Waals surface area contributed by atoms with Gasteiger partial charge < -0.3 is 16.8 Å². The molecule has 1 aliphatic heterocycles. The zero-order valence-corrected chi connectivity index (χ0v) is 9.77. The van der Waals surface area contributed by atoms with Crippen LogP contribution in [0, 0.1) is 0 Å². The molecule has 0 saturated carbocycles. The molecule has 0 aromatic carbocycles. The molecule has 5 heteroatoms. The van der Waals surface area contributed by atoms with E-state index >= 15 is 0 Å². The molecule has 0 aliphatic carbocycles. The van der Waals surface area contributed by atoms with Gasteiger partial charge in [0.1, 0.15) is 0 Å². The summed E-state index contributed by atoms with van der Waals surface area (Å²) in [5.74, 6) is 0.0512. The molecule has 0 fully saturated rings. The van der Waals surface area contributed by atoms with Crippen LogP contribution >= 0.6 is 11.8 Å². The summed E-state index contributed by atoms with van der Waals surface area (Å²) in [5, 5.41) is 3.71. The van der Waals surface area contributed by atoms with Crippen molar-refractivity contribution in [3.8, 4) is 0 Å². The van der Waals surface area contributed by atoms with Crippen molar-refractivity contribution in [3.63, 3.8) is 0 Å². The SMILES string of the molecule is C=C(/C=C\N=C(N)N)C1=C(C)NC(C)S1. The van der Waals surface area contributed by atoms with Gasteiger partial charge in [0.25, 0.3) is 0 Å². The molecule has 0 aromatic rings. The van der Waals surface area contributed by atoms with Crippen LogP contribution in [0.4, 0.5) is 0 Å².